The summed E-state index contributed by atoms with van der Waals surface area (Å²) in [6.07, 6.45) is 3.27. The first-order chi connectivity index (χ1) is 24.8. The molecule has 0 radical (unpaired) electrons. The standard InChI is InChI=1S/C41H54O12/c1-23-21-34(51-27(5)44)39(9)33(41(23,47)19-16-30-13-10-11-14-31(30)50-26(4)43)17-18-38(8)32-15-12-20-48-22-40(32,24(2)49-25(3)42)37(53-29(7)46)35(36(38)39)52-28(6)45/h10-15,21,24,32-37,47H,16-20,22H2,1-9H3/t24-,32?,33?,34-,35+,36?,37+,38+,39-,40-,41?/m1/s1. The zero-order valence-corrected chi connectivity index (χ0v) is 32.3. The number of esters is 5. The number of benzene rings is 1. The Labute approximate surface area is 311 Å². The van der Waals surface area contributed by atoms with E-state index in [2.05, 4.69) is 6.92 Å². The van der Waals surface area contributed by atoms with Crippen molar-refractivity contribution in [3.05, 3.63) is 53.6 Å². The molecule has 0 spiro atoms. The molecule has 0 aromatic heterocycles. The number of aliphatic hydroxyl groups is 1. The molecule has 1 heterocycles. The van der Waals surface area contributed by atoms with Gasteiger partial charge >= 0.3 is 29.8 Å². The lowest BCUT2D eigenvalue weighted by Gasteiger charge is -2.71. The van der Waals surface area contributed by atoms with Gasteiger partial charge in [-0.3, -0.25) is 24.0 Å². The van der Waals surface area contributed by atoms with Gasteiger partial charge in [0.05, 0.1) is 24.2 Å². The number of hydrogen-bond acceptors (Lipinski definition) is 12. The zero-order valence-electron chi connectivity index (χ0n) is 32.3. The first-order valence-corrected chi connectivity index (χ1v) is 18.4. The summed E-state index contributed by atoms with van der Waals surface area (Å²) in [4.78, 5) is 63.6. The molecule has 1 N–H and O–H groups in total. The predicted molar refractivity (Wildman–Crippen MR) is 191 cm³/mol. The Kier molecular flexibility index (Phi) is 11.4. The van der Waals surface area contributed by atoms with E-state index < -0.39 is 93.9 Å². The van der Waals surface area contributed by atoms with E-state index in [9.17, 15) is 29.1 Å². The average molecular weight is 739 g/mol. The second-order valence-corrected chi connectivity index (χ2v) is 15.8. The van der Waals surface area contributed by atoms with Crippen LogP contribution in [0.2, 0.25) is 0 Å². The van der Waals surface area contributed by atoms with Gasteiger partial charge in [0.2, 0.25) is 0 Å². The number of ether oxygens (including phenoxy) is 6. The molecule has 1 aromatic carbocycles. The molecule has 2 saturated carbocycles. The summed E-state index contributed by atoms with van der Waals surface area (Å²) in [7, 11) is 0. The third kappa shape index (κ3) is 7.04. The molecule has 290 valence electrons. The van der Waals surface area contributed by atoms with Crippen molar-refractivity contribution in [2.45, 2.75) is 118 Å². The van der Waals surface area contributed by atoms with Gasteiger partial charge < -0.3 is 33.5 Å². The summed E-state index contributed by atoms with van der Waals surface area (Å²) in [5.74, 6) is -4.05. The Morgan fingerprint density at radius 2 is 1.58 bits per heavy atom. The van der Waals surface area contributed by atoms with E-state index in [1.165, 1.54) is 34.6 Å². The SMILES string of the molecule is CC(=O)Oc1ccccc1CCC1(O)C(C)=C[C@@H](OC(C)=O)[C@@]2(C)C1CC[C@]1(C)C2[C@H](OC(C)=O)[C@H](OC(C)=O)[C@@]2([C@@H](C)OC(C)=O)COCC=CC12. The lowest BCUT2D eigenvalue weighted by atomic mass is 9.35. The van der Waals surface area contributed by atoms with Gasteiger partial charge in [-0.1, -0.05) is 44.2 Å². The molecule has 53 heavy (non-hydrogen) atoms. The van der Waals surface area contributed by atoms with E-state index in [-0.39, 0.29) is 19.6 Å². The van der Waals surface area contributed by atoms with E-state index in [1.54, 1.807) is 25.1 Å². The Hall–Kier alpha value is -4.03. The minimum absolute atomic E-state index is 0.0232. The molecule has 12 nitrogen and oxygen atoms in total. The maximum absolute atomic E-state index is 13.2. The lowest BCUT2D eigenvalue weighted by Crippen LogP contribution is -2.76. The summed E-state index contributed by atoms with van der Waals surface area (Å²) < 4.78 is 36.3. The van der Waals surface area contributed by atoms with Crippen LogP contribution in [0.15, 0.2) is 48.1 Å². The number of aryl methyl sites for hydroxylation is 1. The van der Waals surface area contributed by atoms with Gasteiger partial charge in [-0.2, -0.15) is 0 Å². The van der Waals surface area contributed by atoms with Gasteiger partial charge in [0.1, 0.15) is 24.1 Å². The van der Waals surface area contributed by atoms with Crippen molar-refractivity contribution in [1.29, 1.82) is 0 Å². The molecular formula is C41H54O12. The van der Waals surface area contributed by atoms with Gasteiger partial charge in [0, 0.05) is 51.9 Å². The van der Waals surface area contributed by atoms with Crippen LogP contribution in [-0.2, 0) is 54.1 Å². The molecule has 4 unspecified atom stereocenters. The second-order valence-electron chi connectivity index (χ2n) is 15.8. The molecule has 1 aromatic rings. The highest BCUT2D eigenvalue weighted by molar-refractivity contribution is 5.70. The van der Waals surface area contributed by atoms with Crippen molar-refractivity contribution in [2.75, 3.05) is 13.2 Å². The summed E-state index contributed by atoms with van der Waals surface area (Å²) in [5, 5.41) is 13.1. The second kappa shape index (κ2) is 15.0. The fourth-order valence-corrected chi connectivity index (χ4v) is 10.9. The van der Waals surface area contributed by atoms with Crippen molar-refractivity contribution in [2.24, 2.45) is 34.0 Å². The van der Waals surface area contributed by atoms with Crippen molar-refractivity contribution >= 4 is 29.8 Å². The summed E-state index contributed by atoms with van der Waals surface area (Å²) in [5.41, 5.74) is -3.18. The Morgan fingerprint density at radius 3 is 2.21 bits per heavy atom. The number of carbonyl (C=O) groups is 5. The molecule has 11 atom stereocenters. The number of hydrogen-bond donors (Lipinski definition) is 1. The lowest BCUT2D eigenvalue weighted by molar-refractivity contribution is -0.304. The fraction of sp³-hybridized carbons (Fsp3) is 0.634. The van der Waals surface area contributed by atoms with Gasteiger partial charge in [0.25, 0.3) is 0 Å². The average Bonchev–Trinajstić information content (AvgIpc) is 3.29. The van der Waals surface area contributed by atoms with Crippen LogP contribution in [0.5, 0.6) is 5.75 Å². The maximum atomic E-state index is 13.2. The van der Waals surface area contributed by atoms with Crippen molar-refractivity contribution < 1.29 is 57.5 Å². The predicted octanol–water partition coefficient (Wildman–Crippen LogP) is 5.22. The monoisotopic (exact) mass is 738 g/mol. The third-order valence-corrected chi connectivity index (χ3v) is 12.7. The van der Waals surface area contributed by atoms with E-state index in [4.69, 9.17) is 28.4 Å². The van der Waals surface area contributed by atoms with Crippen molar-refractivity contribution in [3.63, 3.8) is 0 Å². The molecule has 12 heteroatoms. The number of carbonyl (C=O) groups excluding carboxylic acids is 5. The first kappa shape index (κ1) is 40.2. The molecular weight excluding hydrogens is 684 g/mol. The minimum atomic E-state index is -1.45. The molecule has 1 aliphatic heterocycles. The van der Waals surface area contributed by atoms with Crippen LogP contribution in [-0.4, -0.2) is 78.2 Å². The quantitative estimate of drug-likeness (QED) is 0.152. The largest absolute Gasteiger partial charge is 0.462 e. The van der Waals surface area contributed by atoms with Crippen LogP contribution >= 0.6 is 0 Å². The highest BCUT2D eigenvalue weighted by atomic mass is 16.6. The number of rotatable bonds is 9. The molecule has 3 aliphatic carbocycles. The smallest absolute Gasteiger partial charge is 0.308 e. The van der Waals surface area contributed by atoms with Gasteiger partial charge in [-0.15, -0.1) is 0 Å². The molecule has 5 rings (SSSR count). The highest BCUT2D eigenvalue weighted by Gasteiger charge is 2.76. The Balaban J connectivity index is 1.75. The van der Waals surface area contributed by atoms with Crippen molar-refractivity contribution in [1.82, 2.24) is 0 Å². The van der Waals surface area contributed by atoms with Gasteiger partial charge in [-0.25, -0.2) is 0 Å². The first-order valence-electron chi connectivity index (χ1n) is 18.4. The van der Waals surface area contributed by atoms with Gasteiger partial charge in [-0.05, 0) is 74.1 Å². The van der Waals surface area contributed by atoms with Crippen LogP contribution in [0.4, 0.5) is 0 Å². The topological polar surface area (TPSA) is 161 Å². The Morgan fingerprint density at radius 1 is 0.925 bits per heavy atom. The highest BCUT2D eigenvalue weighted by Crippen LogP contribution is 2.72. The van der Waals surface area contributed by atoms with E-state index in [1.807, 2.05) is 38.1 Å². The normalized spacial score (nSPS) is 36.5. The van der Waals surface area contributed by atoms with E-state index >= 15 is 0 Å². The maximum Gasteiger partial charge on any atom is 0.308 e. The third-order valence-electron chi connectivity index (χ3n) is 12.7. The van der Waals surface area contributed by atoms with Crippen LogP contribution in [0.3, 0.4) is 0 Å². The van der Waals surface area contributed by atoms with Crippen molar-refractivity contribution in [3.8, 4) is 5.75 Å². The van der Waals surface area contributed by atoms with E-state index in [0.29, 0.717) is 30.6 Å². The Bertz CT molecular complexity index is 1680. The fourth-order valence-electron chi connectivity index (χ4n) is 10.9. The van der Waals surface area contributed by atoms with E-state index in [0.717, 1.165) is 5.56 Å². The number of allylic oxidation sites excluding steroid dienone is 1. The minimum Gasteiger partial charge on any atom is -0.462 e. The van der Waals surface area contributed by atoms with Crippen LogP contribution < -0.4 is 4.74 Å². The number of para-hydroxylation sites is 1. The zero-order chi connectivity index (χ0) is 39.1. The van der Waals surface area contributed by atoms with Crippen LogP contribution in [0, 0.1) is 34.0 Å². The summed E-state index contributed by atoms with van der Waals surface area (Å²) in [6, 6.07) is 7.19. The van der Waals surface area contributed by atoms with Gasteiger partial charge in [0.15, 0.2) is 6.10 Å². The molecule has 0 saturated heterocycles. The van der Waals surface area contributed by atoms with Crippen LogP contribution in [0.1, 0.15) is 87.1 Å². The molecule has 0 bridgehead atoms. The molecule has 0 amide bonds. The summed E-state index contributed by atoms with van der Waals surface area (Å²) >= 11 is 0. The number of fused-ring (bicyclic) bond motifs is 5. The van der Waals surface area contributed by atoms with Crippen LogP contribution in [0.25, 0.3) is 0 Å². The molecule has 4 aliphatic rings. The molecule has 2 fully saturated rings. The summed E-state index contributed by atoms with van der Waals surface area (Å²) in [6.45, 7) is 14.5.